The van der Waals surface area contributed by atoms with Gasteiger partial charge in [0.25, 0.3) is 5.91 Å². The van der Waals surface area contributed by atoms with Crippen molar-refractivity contribution < 1.29 is 14.3 Å². The average Bonchev–Trinajstić information content (AvgIpc) is 3.03. The number of hydrogen-bond donors (Lipinski definition) is 2. The molecule has 2 aromatic carbocycles. The number of amides is 1. The number of rotatable bonds is 4. The lowest BCUT2D eigenvalue weighted by Crippen LogP contribution is -2.12. The lowest BCUT2D eigenvalue weighted by Gasteiger charge is -2.13. The predicted octanol–water partition coefficient (Wildman–Crippen LogP) is 3.58. The quantitative estimate of drug-likeness (QED) is 0.733. The molecule has 5 nitrogen and oxygen atoms in total. The van der Waals surface area contributed by atoms with Gasteiger partial charge >= 0.3 is 0 Å². The fourth-order valence-electron chi connectivity index (χ4n) is 2.78. The molecule has 1 heterocycles. The summed E-state index contributed by atoms with van der Waals surface area (Å²) in [5.74, 6) is -1.54. The van der Waals surface area contributed by atoms with Crippen molar-refractivity contribution in [2.75, 3.05) is 0 Å². The summed E-state index contributed by atoms with van der Waals surface area (Å²) in [5, 5.41) is 14.2. The number of aryl methyl sites for hydroxylation is 1. The Kier molecular flexibility index (Phi) is 4.70. The normalized spacial score (nSPS) is 10.9. The first kappa shape index (κ1) is 17.9. The average molecular weight is 374 g/mol. The number of nitrogens with two attached hydrogens (primary N) is 1. The maximum Gasteiger partial charge on any atom is 0.252 e. The Morgan fingerprint density at radius 3 is 2.62 bits per heavy atom. The fourth-order valence-corrected chi connectivity index (χ4v) is 3.01. The number of nitrogens with zero attached hydrogens (tertiary/aromatic N) is 2. The number of carbonyl (C=O) groups excluding carboxylic acids is 1. The standard InChI is InChI=1S/C19H17ClFN3O2/c1-10-13(8-14(19(22)26)18(25)17(10)20)7-11-3-4-12(9-15(11)21)16-5-6-24(2)23-16/h3-6,8-9,25H,7H2,1-2H3,(H2,22,26). The Labute approximate surface area is 154 Å². The lowest BCUT2D eigenvalue weighted by molar-refractivity contribution is 0.0997. The van der Waals surface area contributed by atoms with Gasteiger partial charge in [0.15, 0.2) is 0 Å². The van der Waals surface area contributed by atoms with E-state index in [9.17, 15) is 14.3 Å². The Hall–Kier alpha value is -2.86. The van der Waals surface area contributed by atoms with Crippen molar-refractivity contribution >= 4 is 17.5 Å². The van der Waals surface area contributed by atoms with Crippen LogP contribution < -0.4 is 5.73 Å². The van der Waals surface area contributed by atoms with Crippen LogP contribution in [0.5, 0.6) is 5.75 Å². The highest BCUT2D eigenvalue weighted by molar-refractivity contribution is 6.33. The van der Waals surface area contributed by atoms with Crippen LogP contribution in [0, 0.1) is 12.7 Å². The van der Waals surface area contributed by atoms with E-state index in [-0.39, 0.29) is 22.8 Å². The van der Waals surface area contributed by atoms with Gasteiger partial charge in [-0.1, -0.05) is 23.7 Å². The molecule has 1 amide bonds. The number of carbonyl (C=O) groups is 1. The highest BCUT2D eigenvalue weighted by atomic mass is 35.5. The molecular weight excluding hydrogens is 357 g/mol. The first-order valence-corrected chi connectivity index (χ1v) is 8.25. The zero-order valence-electron chi connectivity index (χ0n) is 14.3. The molecule has 0 fully saturated rings. The summed E-state index contributed by atoms with van der Waals surface area (Å²) in [4.78, 5) is 11.5. The lowest BCUT2D eigenvalue weighted by atomic mass is 9.96. The molecule has 3 rings (SSSR count). The first-order chi connectivity index (χ1) is 12.3. The van der Waals surface area contributed by atoms with Gasteiger partial charge in [-0.15, -0.1) is 0 Å². The number of primary amides is 1. The summed E-state index contributed by atoms with van der Waals surface area (Å²) in [7, 11) is 1.79. The highest BCUT2D eigenvalue weighted by Gasteiger charge is 2.18. The topological polar surface area (TPSA) is 81.1 Å². The van der Waals surface area contributed by atoms with Crippen molar-refractivity contribution in [3.8, 4) is 17.0 Å². The molecule has 26 heavy (non-hydrogen) atoms. The largest absolute Gasteiger partial charge is 0.506 e. The molecule has 0 aliphatic rings. The van der Waals surface area contributed by atoms with Crippen molar-refractivity contribution in [3.05, 3.63) is 69.6 Å². The Bertz CT molecular complexity index is 1010. The Balaban J connectivity index is 1.98. The molecule has 0 unspecified atom stereocenters. The molecule has 0 radical (unpaired) electrons. The number of aromatic hydroxyl groups is 1. The SMILES string of the molecule is Cc1c(Cc2ccc(-c3ccn(C)n3)cc2F)cc(C(N)=O)c(O)c1Cl. The van der Waals surface area contributed by atoms with Crippen molar-refractivity contribution in [3.63, 3.8) is 0 Å². The fraction of sp³-hybridized carbons (Fsp3) is 0.158. The molecule has 0 aliphatic carbocycles. The number of hydrogen-bond acceptors (Lipinski definition) is 3. The summed E-state index contributed by atoms with van der Waals surface area (Å²) < 4.78 is 16.2. The van der Waals surface area contributed by atoms with Gasteiger partial charge in [-0.3, -0.25) is 9.48 Å². The van der Waals surface area contributed by atoms with Crippen LogP contribution in [0.1, 0.15) is 27.0 Å². The van der Waals surface area contributed by atoms with Gasteiger partial charge in [0.1, 0.15) is 11.6 Å². The summed E-state index contributed by atoms with van der Waals surface area (Å²) in [5.41, 5.74) is 8.16. The third-order valence-electron chi connectivity index (χ3n) is 4.30. The van der Waals surface area contributed by atoms with Crippen LogP contribution in [-0.4, -0.2) is 20.8 Å². The van der Waals surface area contributed by atoms with Crippen LogP contribution in [0.25, 0.3) is 11.3 Å². The zero-order chi connectivity index (χ0) is 19.0. The monoisotopic (exact) mass is 373 g/mol. The van der Waals surface area contributed by atoms with Gasteiger partial charge in [0.2, 0.25) is 0 Å². The smallest absolute Gasteiger partial charge is 0.252 e. The van der Waals surface area contributed by atoms with E-state index in [4.69, 9.17) is 17.3 Å². The number of benzene rings is 2. The number of aromatic nitrogens is 2. The van der Waals surface area contributed by atoms with Crippen LogP contribution in [0.3, 0.4) is 0 Å². The minimum atomic E-state index is -0.795. The third-order valence-corrected chi connectivity index (χ3v) is 4.76. The molecule has 0 aliphatic heterocycles. The maximum absolute atomic E-state index is 14.6. The van der Waals surface area contributed by atoms with Crippen LogP contribution in [-0.2, 0) is 13.5 Å². The molecule has 0 atom stereocenters. The van der Waals surface area contributed by atoms with Crippen LogP contribution >= 0.6 is 11.6 Å². The van der Waals surface area contributed by atoms with E-state index in [1.807, 2.05) is 0 Å². The van der Waals surface area contributed by atoms with Gasteiger partial charge in [-0.2, -0.15) is 5.10 Å². The van der Waals surface area contributed by atoms with Gasteiger partial charge in [-0.05, 0) is 41.8 Å². The summed E-state index contributed by atoms with van der Waals surface area (Å²) in [6, 6.07) is 8.13. The van der Waals surface area contributed by atoms with Crippen LogP contribution in [0.4, 0.5) is 4.39 Å². The highest BCUT2D eigenvalue weighted by Crippen LogP contribution is 2.34. The minimum Gasteiger partial charge on any atom is -0.506 e. The van der Waals surface area contributed by atoms with Crippen molar-refractivity contribution in [1.82, 2.24) is 9.78 Å². The van der Waals surface area contributed by atoms with E-state index < -0.39 is 11.7 Å². The second-order valence-corrected chi connectivity index (χ2v) is 6.47. The van der Waals surface area contributed by atoms with Crippen molar-refractivity contribution in [1.29, 1.82) is 0 Å². The molecule has 3 N–H and O–H groups in total. The van der Waals surface area contributed by atoms with Gasteiger partial charge in [-0.25, -0.2) is 4.39 Å². The van der Waals surface area contributed by atoms with Crippen molar-refractivity contribution in [2.45, 2.75) is 13.3 Å². The first-order valence-electron chi connectivity index (χ1n) is 7.87. The molecule has 3 aromatic rings. The summed E-state index contributed by atoms with van der Waals surface area (Å²) in [6.45, 7) is 1.70. The van der Waals surface area contributed by atoms with E-state index in [1.165, 1.54) is 12.1 Å². The van der Waals surface area contributed by atoms with E-state index >= 15 is 0 Å². The number of phenols is 1. The molecule has 1 aromatic heterocycles. The minimum absolute atomic E-state index is 0.0433. The van der Waals surface area contributed by atoms with Gasteiger partial charge in [0, 0.05) is 25.2 Å². The molecule has 0 saturated carbocycles. The Morgan fingerprint density at radius 1 is 1.31 bits per heavy atom. The zero-order valence-corrected chi connectivity index (χ0v) is 15.0. The van der Waals surface area contributed by atoms with Crippen molar-refractivity contribution in [2.24, 2.45) is 12.8 Å². The third kappa shape index (κ3) is 3.28. The molecule has 7 heteroatoms. The summed E-state index contributed by atoms with van der Waals surface area (Å²) >= 11 is 6.08. The van der Waals surface area contributed by atoms with E-state index in [1.54, 1.807) is 43.0 Å². The predicted molar refractivity (Wildman–Crippen MR) is 97.8 cm³/mol. The van der Waals surface area contributed by atoms with E-state index in [0.717, 1.165) is 0 Å². The van der Waals surface area contributed by atoms with E-state index in [0.29, 0.717) is 27.9 Å². The van der Waals surface area contributed by atoms with Gasteiger partial charge < -0.3 is 10.8 Å². The summed E-state index contributed by atoms with van der Waals surface area (Å²) in [6.07, 6.45) is 1.99. The van der Waals surface area contributed by atoms with E-state index in [2.05, 4.69) is 5.10 Å². The Morgan fingerprint density at radius 2 is 2.04 bits per heavy atom. The number of halogens is 2. The molecule has 0 bridgehead atoms. The second-order valence-electron chi connectivity index (χ2n) is 6.09. The molecular formula is C19H17ClFN3O2. The molecule has 0 spiro atoms. The van der Waals surface area contributed by atoms with Crippen LogP contribution in [0.2, 0.25) is 5.02 Å². The second kappa shape index (κ2) is 6.80. The molecule has 0 saturated heterocycles. The van der Waals surface area contributed by atoms with Gasteiger partial charge in [0.05, 0.1) is 16.3 Å². The van der Waals surface area contributed by atoms with Crippen LogP contribution in [0.15, 0.2) is 36.5 Å². The molecule has 134 valence electrons. The maximum atomic E-state index is 14.6.